The lowest BCUT2D eigenvalue weighted by Gasteiger charge is -2.34. The summed E-state index contributed by atoms with van der Waals surface area (Å²) in [5.41, 5.74) is -0.631. The molecular formula is C36H38F2N6O3. The largest absolute Gasteiger partial charge is 0.508 e. The zero-order valence-corrected chi connectivity index (χ0v) is 26.7. The molecule has 2 saturated carbocycles. The van der Waals surface area contributed by atoms with Crippen molar-refractivity contribution in [3.8, 4) is 35.4 Å². The van der Waals surface area contributed by atoms with Crippen LogP contribution in [0.4, 0.5) is 14.6 Å². The molecule has 2 aromatic carbocycles. The first-order valence-electron chi connectivity index (χ1n) is 16.5. The Morgan fingerprint density at radius 3 is 2.51 bits per heavy atom. The Labute approximate surface area is 271 Å². The van der Waals surface area contributed by atoms with E-state index in [0.29, 0.717) is 30.9 Å². The van der Waals surface area contributed by atoms with Crippen molar-refractivity contribution in [2.24, 2.45) is 11.3 Å². The summed E-state index contributed by atoms with van der Waals surface area (Å²) in [6, 6.07) is 6.02. The molecule has 11 heteroatoms. The first-order chi connectivity index (χ1) is 22.6. The summed E-state index contributed by atoms with van der Waals surface area (Å²) >= 11 is 0. The Hall–Kier alpha value is -4.27. The van der Waals surface area contributed by atoms with Crippen LogP contribution in [-0.2, 0) is 6.54 Å². The second kappa shape index (κ2) is 11.2. The van der Waals surface area contributed by atoms with Crippen molar-refractivity contribution in [2.45, 2.75) is 57.2 Å². The van der Waals surface area contributed by atoms with E-state index >= 15 is 8.78 Å². The lowest BCUT2D eigenvalue weighted by molar-refractivity contribution is 0.183. The fraction of sp³-hybridized carbons (Fsp3) is 0.472. The summed E-state index contributed by atoms with van der Waals surface area (Å²) in [7, 11) is 4.05. The number of terminal acetylenes is 1. The van der Waals surface area contributed by atoms with E-state index in [1.165, 1.54) is 28.8 Å². The van der Waals surface area contributed by atoms with Crippen molar-refractivity contribution in [2.75, 3.05) is 45.2 Å². The highest BCUT2D eigenvalue weighted by Crippen LogP contribution is 2.46. The highest BCUT2D eigenvalue weighted by atomic mass is 19.1. The SMILES string of the molecule is C#Cc1c(F)ccc2cc(O)cc(-c3c(F)c4nc(OCC5(CN(C)C)CC5)nc(N5CC6CCC(C5)N6)c4c(=O)n3CC3CC3)c12. The van der Waals surface area contributed by atoms with Crippen LogP contribution < -0.4 is 20.5 Å². The molecule has 0 spiro atoms. The van der Waals surface area contributed by atoms with Crippen molar-refractivity contribution in [3.05, 3.63) is 51.8 Å². The van der Waals surface area contributed by atoms with Gasteiger partial charge in [0, 0.05) is 54.6 Å². The molecule has 2 bridgehead atoms. The van der Waals surface area contributed by atoms with E-state index in [0.717, 1.165) is 45.1 Å². The third-order valence-corrected chi connectivity index (χ3v) is 10.2. The molecule has 2 atom stereocenters. The number of hydrogen-bond donors (Lipinski definition) is 2. The number of anilines is 1. The van der Waals surface area contributed by atoms with Crippen molar-refractivity contribution in [1.82, 2.24) is 24.8 Å². The van der Waals surface area contributed by atoms with Crippen LogP contribution in [-0.4, -0.2) is 77.0 Å². The molecule has 4 aromatic rings. The van der Waals surface area contributed by atoms with E-state index in [1.54, 1.807) is 0 Å². The second-order valence-electron chi connectivity index (χ2n) is 14.3. The van der Waals surface area contributed by atoms with Crippen LogP contribution in [0.25, 0.3) is 32.9 Å². The van der Waals surface area contributed by atoms with Gasteiger partial charge in [-0.05, 0) is 82.1 Å². The fourth-order valence-electron chi connectivity index (χ4n) is 7.68. The number of halogens is 2. The minimum absolute atomic E-state index is 0.0173. The van der Waals surface area contributed by atoms with Crippen LogP contribution in [0.3, 0.4) is 0 Å². The molecule has 4 heterocycles. The van der Waals surface area contributed by atoms with Crippen LogP contribution in [0.1, 0.15) is 44.1 Å². The van der Waals surface area contributed by atoms with Gasteiger partial charge in [0.1, 0.15) is 28.3 Å². The standard InChI is InChI=1S/C36H38F2N6O3/c1-4-25-27(37)10-7-21-13-24(45)14-26(28(21)25)32-30(38)31-29(34(46)44(32)15-20-5-6-20)33(43-16-22-8-9-23(17-43)39-22)41-35(40-31)47-19-36(11-12-36)18-42(2)3/h1,7,10,13-14,20,22-23,39,45H,5-6,8-9,11-12,15-19H2,2-3H3. The fourth-order valence-corrected chi connectivity index (χ4v) is 7.68. The smallest absolute Gasteiger partial charge is 0.319 e. The first-order valence-corrected chi connectivity index (χ1v) is 16.5. The first kappa shape index (κ1) is 30.1. The Kier molecular flexibility index (Phi) is 7.15. The number of fused-ring (bicyclic) bond motifs is 4. The Balaban J connectivity index is 1.38. The molecule has 0 amide bonds. The molecule has 9 nitrogen and oxygen atoms in total. The summed E-state index contributed by atoms with van der Waals surface area (Å²) < 4.78 is 40.2. The number of aromatic nitrogens is 3. The molecule has 2 saturated heterocycles. The van der Waals surface area contributed by atoms with Gasteiger partial charge in [-0.1, -0.05) is 12.0 Å². The number of phenols is 1. The molecule has 2 aliphatic heterocycles. The summed E-state index contributed by atoms with van der Waals surface area (Å²) in [5, 5.41) is 15.2. The Morgan fingerprint density at radius 2 is 1.85 bits per heavy atom. The van der Waals surface area contributed by atoms with Gasteiger partial charge in [0.05, 0.1) is 17.9 Å². The normalized spacial score (nSPS) is 21.5. The summed E-state index contributed by atoms with van der Waals surface area (Å²) in [4.78, 5) is 28.3. The number of piperazine rings is 1. The molecular weight excluding hydrogens is 602 g/mol. The maximum atomic E-state index is 17.4. The quantitative estimate of drug-likeness (QED) is 0.256. The van der Waals surface area contributed by atoms with Crippen LogP contribution >= 0.6 is 0 Å². The second-order valence-corrected chi connectivity index (χ2v) is 14.3. The number of pyridine rings is 1. The van der Waals surface area contributed by atoms with Gasteiger partial charge in [-0.25, -0.2) is 8.78 Å². The lowest BCUT2D eigenvalue weighted by atomic mass is 9.95. The van der Waals surface area contributed by atoms with Gasteiger partial charge < -0.3 is 29.5 Å². The zero-order chi connectivity index (χ0) is 32.6. The predicted molar refractivity (Wildman–Crippen MR) is 177 cm³/mol. The highest BCUT2D eigenvalue weighted by Gasteiger charge is 2.44. The monoisotopic (exact) mass is 640 g/mol. The van der Waals surface area contributed by atoms with Crippen molar-refractivity contribution in [1.29, 1.82) is 0 Å². The van der Waals surface area contributed by atoms with E-state index in [2.05, 4.69) is 26.0 Å². The van der Waals surface area contributed by atoms with Crippen LogP contribution in [0, 0.1) is 35.3 Å². The van der Waals surface area contributed by atoms with Crippen molar-refractivity contribution >= 4 is 27.5 Å². The van der Waals surface area contributed by atoms with Gasteiger partial charge in [-0.2, -0.15) is 9.97 Å². The van der Waals surface area contributed by atoms with E-state index in [1.807, 2.05) is 14.1 Å². The maximum Gasteiger partial charge on any atom is 0.319 e. The van der Waals surface area contributed by atoms with Crippen molar-refractivity contribution in [3.63, 3.8) is 0 Å². The van der Waals surface area contributed by atoms with Gasteiger partial charge in [-0.15, -0.1) is 6.42 Å². The van der Waals surface area contributed by atoms with Crippen molar-refractivity contribution < 1.29 is 18.6 Å². The van der Waals surface area contributed by atoms with E-state index in [-0.39, 0.29) is 74.8 Å². The molecule has 4 aliphatic rings. The average Bonchev–Trinajstić information content (AvgIpc) is 3.98. The Bertz CT molecular complexity index is 2020. The minimum Gasteiger partial charge on any atom is -0.508 e. The molecule has 2 aliphatic carbocycles. The van der Waals surface area contributed by atoms with Crippen LogP contribution in [0.15, 0.2) is 29.1 Å². The molecule has 2 aromatic heterocycles. The van der Waals surface area contributed by atoms with E-state index < -0.39 is 17.2 Å². The van der Waals surface area contributed by atoms with Gasteiger partial charge in [0.2, 0.25) is 0 Å². The number of phenolic OH excluding ortho intramolecular Hbond substituents is 1. The molecule has 47 heavy (non-hydrogen) atoms. The summed E-state index contributed by atoms with van der Waals surface area (Å²) in [6.07, 6.45) is 11.6. The number of nitrogens with one attached hydrogen (secondary N) is 1. The molecule has 2 unspecified atom stereocenters. The maximum absolute atomic E-state index is 17.4. The number of hydrogen-bond acceptors (Lipinski definition) is 8. The number of ether oxygens (including phenoxy) is 1. The van der Waals surface area contributed by atoms with Gasteiger partial charge in [0.25, 0.3) is 5.56 Å². The number of aromatic hydroxyl groups is 1. The van der Waals surface area contributed by atoms with E-state index in [9.17, 15) is 9.90 Å². The molecule has 244 valence electrons. The number of rotatable bonds is 9. The predicted octanol–water partition coefficient (Wildman–Crippen LogP) is 4.65. The summed E-state index contributed by atoms with van der Waals surface area (Å²) in [6.45, 7) is 2.73. The molecule has 2 N–H and O–H groups in total. The molecule has 0 radical (unpaired) electrons. The van der Waals surface area contributed by atoms with Gasteiger partial charge in [0.15, 0.2) is 5.82 Å². The topological polar surface area (TPSA) is 95.8 Å². The highest BCUT2D eigenvalue weighted by molar-refractivity contribution is 6.03. The third kappa shape index (κ3) is 5.37. The van der Waals surface area contributed by atoms with E-state index in [4.69, 9.17) is 16.1 Å². The van der Waals surface area contributed by atoms with Gasteiger partial charge in [-0.3, -0.25) is 4.79 Å². The zero-order valence-electron chi connectivity index (χ0n) is 26.7. The molecule has 4 fully saturated rings. The average molecular weight is 641 g/mol. The van der Waals surface area contributed by atoms with Crippen LogP contribution in [0.5, 0.6) is 11.8 Å². The Morgan fingerprint density at radius 1 is 1.11 bits per heavy atom. The number of nitrogens with zero attached hydrogens (tertiary/aromatic N) is 5. The molecule has 8 rings (SSSR count). The number of benzene rings is 2. The lowest BCUT2D eigenvalue weighted by Crippen LogP contribution is -2.51. The third-order valence-electron chi connectivity index (χ3n) is 10.2. The minimum atomic E-state index is -0.764. The van der Waals surface area contributed by atoms with Gasteiger partial charge >= 0.3 is 6.01 Å². The van der Waals surface area contributed by atoms with Crippen LogP contribution in [0.2, 0.25) is 0 Å². The summed E-state index contributed by atoms with van der Waals surface area (Å²) in [5.74, 6) is 1.39.